The van der Waals surface area contributed by atoms with Gasteiger partial charge in [-0.2, -0.15) is 0 Å². The molecule has 0 aliphatic carbocycles. The number of aromatic nitrogens is 3. The maximum Gasteiger partial charge on any atom is 0.335 e. The molecule has 0 spiro atoms. The van der Waals surface area contributed by atoms with E-state index < -0.39 is 5.97 Å². The molecule has 0 bridgehead atoms. The van der Waals surface area contributed by atoms with E-state index in [1.165, 1.54) is 17.8 Å². The molecule has 1 heterocycles. The molecule has 0 amide bonds. The topological polar surface area (TPSA) is 77.2 Å². The number of aromatic carboxylic acids is 1. The van der Waals surface area contributed by atoms with Crippen LogP contribution in [0.2, 0.25) is 0 Å². The SMILES string of the molecule is COc1ccc(C(=O)O)cc1CSc1nnc(C)n1C. The van der Waals surface area contributed by atoms with Gasteiger partial charge in [-0.1, -0.05) is 11.8 Å². The van der Waals surface area contributed by atoms with Crippen molar-refractivity contribution in [3.8, 4) is 5.75 Å². The van der Waals surface area contributed by atoms with E-state index in [4.69, 9.17) is 9.84 Å². The first kappa shape index (κ1) is 14.4. The average molecular weight is 293 g/mol. The maximum absolute atomic E-state index is 11.0. The number of thioether (sulfide) groups is 1. The van der Waals surface area contributed by atoms with Crippen molar-refractivity contribution in [2.24, 2.45) is 7.05 Å². The van der Waals surface area contributed by atoms with Gasteiger partial charge in [-0.25, -0.2) is 4.79 Å². The lowest BCUT2D eigenvalue weighted by atomic mass is 10.1. The Balaban J connectivity index is 2.21. The first-order valence-electron chi connectivity index (χ1n) is 5.92. The van der Waals surface area contributed by atoms with Crippen LogP contribution in [0.5, 0.6) is 5.75 Å². The van der Waals surface area contributed by atoms with Gasteiger partial charge in [0.1, 0.15) is 11.6 Å². The van der Waals surface area contributed by atoms with Crippen LogP contribution in [0, 0.1) is 6.92 Å². The molecule has 1 aromatic carbocycles. The van der Waals surface area contributed by atoms with E-state index in [-0.39, 0.29) is 5.56 Å². The van der Waals surface area contributed by atoms with Crippen LogP contribution in [0.4, 0.5) is 0 Å². The van der Waals surface area contributed by atoms with Crippen molar-refractivity contribution in [1.29, 1.82) is 0 Å². The zero-order valence-corrected chi connectivity index (χ0v) is 12.3. The van der Waals surface area contributed by atoms with Gasteiger partial charge in [-0.05, 0) is 25.1 Å². The number of hydrogen-bond donors (Lipinski definition) is 1. The minimum Gasteiger partial charge on any atom is -0.496 e. The Morgan fingerprint density at radius 3 is 2.75 bits per heavy atom. The summed E-state index contributed by atoms with van der Waals surface area (Å²) >= 11 is 1.49. The summed E-state index contributed by atoms with van der Waals surface area (Å²) in [6.07, 6.45) is 0. The number of rotatable bonds is 5. The van der Waals surface area contributed by atoms with Crippen LogP contribution in [0.25, 0.3) is 0 Å². The summed E-state index contributed by atoms with van der Waals surface area (Å²) in [6, 6.07) is 4.82. The second-order valence-electron chi connectivity index (χ2n) is 4.21. The van der Waals surface area contributed by atoms with E-state index in [1.807, 2.05) is 18.5 Å². The van der Waals surface area contributed by atoms with E-state index in [1.54, 1.807) is 19.2 Å². The highest BCUT2D eigenvalue weighted by molar-refractivity contribution is 7.98. The van der Waals surface area contributed by atoms with E-state index >= 15 is 0 Å². The molecule has 1 N–H and O–H groups in total. The first-order valence-corrected chi connectivity index (χ1v) is 6.90. The number of nitrogens with zero attached hydrogens (tertiary/aromatic N) is 3. The lowest BCUT2D eigenvalue weighted by molar-refractivity contribution is 0.0696. The largest absolute Gasteiger partial charge is 0.496 e. The number of benzene rings is 1. The molecule has 1 aromatic heterocycles. The van der Waals surface area contributed by atoms with Crippen molar-refractivity contribution < 1.29 is 14.6 Å². The molecule has 0 atom stereocenters. The van der Waals surface area contributed by atoms with Gasteiger partial charge in [0.25, 0.3) is 0 Å². The Labute approximate surface area is 120 Å². The molecule has 106 valence electrons. The molecule has 7 heteroatoms. The summed E-state index contributed by atoms with van der Waals surface area (Å²) in [5.41, 5.74) is 1.06. The molecule has 6 nitrogen and oxygen atoms in total. The second kappa shape index (κ2) is 5.96. The molecule has 20 heavy (non-hydrogen) atoms. The maximum atomic E-state index is 11.0. The Hall–Kier alpha value is -2.02. The lowest BCUT2D eigenvalue weighted by Gasteiger charge is -2.09. The zero-order chi connectivity index (χ0) is 14.7. The van der Waals surface area contributed by atoms with E-state index in [0.717, 1.165) is 16.5 Å². The third kappa shape index (κ3) is 2.93. The van der Waals surface area contributed by atoms with Gasteiger partial charge in [0, 0.05) is 18.4 Å². The Kier molecular flexibility index (Phi) is 4.29. The van der Waals surface area contributed by atoms with Crippen LogP contribution in [0.15, 0.2) is 23.4 Å². The summed E-state index contributed by atoms with van der Waals surface area (Å²) in [4.78, 5) is 11.0. The van der Waals surface area contributed by atoms with Crippen LogP contribution >= 0.6 is 11.8 Å². The van der Waals surface area contributed by atoms with E-state index in [9.17, 15) is 4.79 Å². The fourth-order valence-corrected chi connectivity index (χ4v) is 2.61. The normalized spacial score (nSPS) is 10.6. The quantitative estimate of drug-likeness (QED) is 0.851. The number of aryl methyl sites for hydroxylation is 1. The third-order valence-electron chi connectivity index (χ3n) is 2.94. The molecule has 2 aromatic rings. The van der Waals surface area contributed by atoms with Gasteiger partial charge in [-0.3, -0.25) is 0 Å². The lowest BCUT2D eigenvalue weighted by Crippen LogP contribution is -2.00. The molecule has 0 aliphatic heterocycles. The van der Waals surface area contributed by atoms with E-state index in [2.05, 4.69) is 10.2 Å². The molecule has 2 rings (SSSR count). The van der Waals surface area contributed by atoms with Crippen LogP contribution < -0.4 is 4.74 Å². The molecular formula is C13H15N3O3S. The van der Waals surface area contributed by atoms with Crippen LogP contribution in [-0.4, -0.2) is 33.0 Å². The molecule has 0 radical (unpaired) electrons. The number of carboxylic acids is 1. The Bertz CT molecular complexity index is 640. The third-order valence-corrected chi connectivity index (χ3v) is 4.01. The van der Waals surface area contributed by atoms with E-state index in [0.29, 0.717) is 11.5 Å². The molecule has 0 saturated heterocycles. The molecule has 0 fully saturated rings. The highest BCUT2D eigenvalue weighted by Gasteiger charge is 2.11. The monoisotopic (exact) mass is 293 g/mol. The van der Waals surface area contributed by atoms with Crippen molar-refractivity contribution >= 4 is 17.7 Å². The number of ether oxygens (including phenoxy) is 1. The highest BCUT2D eigenvalue weighted by atomic mass is 32.2. The average Bonchev–Trinajstić information content (AvgIpc) is 2.76. The number of methoxy groups -OCH3 is 1. The zero-order valence-electron chi connectivity index (χ0n) is 11.5. The molecule has 0 unspecified atom stereocenters. The number of hydrogen-bond acceptors (Lipinski definition) is 5. The number of carbonyl (C=O) groups is 1. The van der Waals surface area contributed by atoms with Crippen LogP contribution in [0.1, 0.15) is 21.7 Å². The summed E-state index contributed by atoms with van der Waals surface area (Å²) in [6.45, 7) is 1.88. The van der Waals surface area contributed by atoms with Crippen LogP contribution in [-0.2, 0) is 12.8 Å². The Morgan fingerprint density at radius 1 is 1.45 bits per heavy atom. The summed E-state index contributed by atoms with van der Waals surface area (Å²) in [7, 11) is 3.46. The summed E-state index contributed by atoms with van der Waals surface area (Å²) in [5.74, 6) is 1.12. The van der Waals surface area contributed by atoms with Crippen molar-refractivity contribution in [1.82, 2.24) is 14.8 Å². The minimum atomic E-state index is -0.951. The number of carboxylic acid groups (broad SMARTS) is 1. The minimum absolute atomic E-state index is 0.246. The van der Waals surface area contributed by atoms with Crippen molar-refractivity contribution in [2.45, 2.75) is 17.8 Å². The van der Waals surface area contributed by atoms with Crippen molar-refractivity contribution in [2.75, 3.05) is 7.11 Å². The van der Waals surface area contributed by atoms with Crippen LogP contribution in [0.3, 0.4) is 0 Å². The van der Waals surface area contributed by atoms with Gasteiger partial charge >= 0.3 is 5.97 Å². The predicted octanol–water partition coefficient (Wildman–Crippen LogP) is 2.12. The van der Waals surface area contributed by atoms with Crippen molar-refractivity contribution in [3.05, 3.63) is 35.2 Å². The van der Waals surface area contributed by atoms with Gasteiger partial charge < -0.3 is 14.4 Å². The fourth-order valence-electron chi connectivity index (χ4n) is 1.68. The molecule has 0 aliphatic rings. The second-order valence-corrected chi connectivity index (χ2v) is 5.15. The smallest absolute Gasteiger partial charge is 0.335 e. The Morgan fingerprint density at radius 2 is 2.20 bits per heavy atom. The predicted molar refractivity (Wildman–Crippen MR) is 75.3 cm³/mol. The van der Waals surface area contributed by atoms with Gasteiger partial charge in [0.2, 0.25) is 0 Å². The summed E-state index contributed by atoms with van der Waals surface area (Å²) in [5, 5.41) is 17.9. The first-order chi connectivity index (χ1) is 9.52. The van der Waals surface area contributed by atoms with Crippen molar-refractivity contribution in [3.63, 3.8) is 0 Å². The highest BCUT2D eigenvalue weighted by Crippen LogP contribution is 2.28. The van der Waals surface area contributed by atoms with Gasteiger partial charge in [0.15, 0.2) is 5.16 Å². The molecular weight excluding hydrogens is 278 g/mol. The standard InChI is InChI=1S/C13H15N3O3S/c1-8-14-15-13(16(8)2)20-7-10-6-9(12(17)18)4-5-11(10)19-3/h4-6H,7H2,1-3H3,(H,17,18). The fraction of sp³-hybridized carbons (Fsp3) is 0.308. The van der Waals surface area contributed by atoms with Gasteiger partial charge in [-0.15, -0.1) is 10.2 Å². The molecule has 0 saturated carbocycles. The summed E-state index contributed by atoms with van der Waals surface area (Å²) < 4.78 is 7.14. The van der Waals surface area contributed by atoms with Gasteiger partial charge in [0.05, 0.1) is 12.7 Å².